The van der Waals surface area contributed by atoms with Crippen LogP contribution in [0.3, 0.4) is 0 Å². The van der Waals surface area contributed by atoms with Crippen molar-refractivity contribution in [2.75, 3.05) is 24.3 Å². The summed E-state index contributed by atoms with van der Waals surface area (Å²) in [5.41, 5.74) is 0. The van der Waals surface area contributed by atoms with Crippen LogP contribution in [-0.2, 0) is 19.7 Å². The lowest BCUT2D eigenvalue weighted by atomic mass is 10.1. The van der Waals surface area contributed by atoms with E-state index in [0.29, 0.717) is 6.42 Å². The zero-order valence-corrected chi connectivity index (χ0v) is 13.3. The second-order valence-corrected chi connectivity index (χ2v) is 9.41. The van der Waals surface area contributed by atoms with Gasteiger partial charge in [-0.05, 0) is 26.3 Å². The molecule has 7 heteroatoms. The SMILES string of the molecule is CCCNC(CC)C(C)S(=O)(=O)CCS(C)(=O)=O. The van der Waals surface area contributed by atoms with Crippen LogP contribution < -0.4 is 5.32 Å². The van der Waals surface area contributed by atoms with Crippen LogP contribution in [0.15, 0.2) is 0 Å². The summed E-state index contributed by atoms with van der Waals surface area (Å²) < 4.78 is 46.1. The quantitative estimate of drug-likeness (QED) is 0.675. The zero-order valence-electron chi connectivity index (χ0n) is 11.6. The van der Waals surface area contributed by atoms with E-state index in [0.717, 1.165) is 19.2 Å². The standard InChI is InChI=1S/C11H25NO4S2/c1-5-7-12-11(6-2)10(3)18(15,16)9-8-17(4,13)14/h10-12H,5-9H2,1-4H3. The Morgan fingerprint density at radius 3 is 2.00 bits per heavy atom. The van der Waals surface area contributed by atoms with Gasteiger partial charge in [0.05, 0.1) is 16.8 Å². The molecule has 0 heterocycles. The summed E-state index contributed by atoms with van der Waals surface area (Å²) in [5, 5.41) is 2.63. The molecule has 2 atom stereocenters. The summed E-state index contributed by atoms with van der Waals surface area (Å²) in [6, 6.07) is -0.116. The van der Waals surface area contributed by atoms with Crippen molar-refractivity contribution in [3.8, 4) is 0 Å². The molecule has 2 unspecified atom stereocenters. The summed E-state index contributed by atoms with van der Waals surface area (Å²) in [7, 11) is -6.62. The highest BCUT2D eigenvalue weighted by Gasteiger charge is 2.28. The first kappa shape index (κ1) is 17.9. The van der Waals surface area contributed by atoms with E-state index in [1.54, 1.807) is 6.92 Å². The van der Waals surface area contributed by atoms with E-state index in [2.05, 4.69) is 5.32 Å². The molecule has 0 fully saturated rings. The van der Waals surface area contributed by atoms with Gasteiger partial charge in [-0.25, -0.2) is 16.8 Å². The molecular formula is C11H25NO4S2. The Morgan fingerprint density at radius 1 is 1.06 bits per heavy atom. The highest BCUT2D eigenvalue weighted by Crippen LogP contribution is 2.11. The molecule has 0 saturated carbocycles. The maximum Gasteiger partial charge on any atom is 0.155 e. The molecule has 18 heavy (non-hydrogen) atoms. The van der Waals surface area contributed by atoms with Crippen molar-refractivity contribution in [2.24, 2.45) is 0 Å². The second-order valence-electron chi connectivity index (χ2n) is 4.67. The number of hydrogen-bond donors (Lipinski definition) is 1. The molecule has 0 spiro atoms. The third-order valence-corrected chi connectivity index (χ3v) is 6.41. The fraction of sp³-hybridized carbons (Fsp3) is 1.00. The summed E-state index contributed by atoms with van der Waals surface area (Å²) >= 11 is 0. The fourth-order valence-corrected chi connectivity index (χ4v) is 4.98. The molecule has 0 aliphatic rings. The predicted octanol–water partition coefficient (Wildman–Crippen LogP) is 0.613. The Hall–Kier alpha value is -0.140. The summed E-state index contributed by atoms with van der Waals surface area (Å²) in [6.07, 6.45) is 2.70. The lowest BCUT2D eigenvalue weighted by molar-refractivity contribution is 0.472. The van der Waals surface area contributed by atoms with Crippen LogP contribution in [0, 0.1) is 0 Å². The first-order valence-electron chi connectivity index (χ1n) is 6.26. The van der Waals surface area contributed by atoms with Crippen LogP contribution in [-0.4, -0.2) is 52.4 Å². The van der Waals surface area contributed by atoms with Crippen molar-refractivity contribution >= 4 is 19.7 Å². The largest absolute Gasteiger partial charge is 0.313 e. The minimum absolute atomic E-state index is 0.116. The molecule has 0 amide bonds. The van der Waals surface area contributed by atoms with Gasteiger partial charge >= 0.3 is 0 Å². The van der Waals surface area contributed by atoms with Crippen molar-refractivity contribution in [3.63, 3.8) is 0 Å². The fourth-order valence-electron chi connectivity index (χ4n) is 1.68. The van der Waals surface area contributed by atoms with E-state index >= 15 is 0 Å². The third kappa shape index (κ3) is 6.70. The Kier molecular flexibility index (Phi) is 7.39. The van der Waals surface area contributed by atoms with Crippen LogP contribution in [0.4, 0.5) is 0 Å². The van der Waals surface area contributed by atoms with Crippen LogP contribution in [0.25, 0.3) is 0 Å². The van der Waals surface area contributed by atoms with Crippen molar-refractivity contribution in [1.29, 1.82) is 0 Å². The van der Waals surface area contributed by atoms with Crippen molar-refractivity contribution in [1.82, 2.24) is 5.32 Å². The molecular weight excluding hydrogens is 274 g/mol. The molecule has 0 bridgehead atoms. The molecule has 0 aromatic carbocycles. The normalized spacial score (nSPS) is 16.4. The van der Waals surface area contributed by atoms with Gasteiger partial charge < -0.3 is 5.32 Å². The smallest absolute Gasteiger partial charge is 0.155 e. The summed E-state index contributed by atoms with van der Waals surface area (Å²) in [4.78, 5) is 0. The van der Waals surface area contributed by atoms with Crippen LogP contribution in [0.2, 0.25) is 0 Å². The molecule has 0 aliphatic carbocycles. The average Bonchev–Trinajstić information content (AvgIpc) is 2.26. The van der Waals surface area contributed by atoms with Crippen molar-refractivity contribution < 1.29 is 16.8 Å². The highest BCUT2D eigenvalue weighted by molar-refractivity contribution is 7.95. The van der Waals surface area contributed by atoms with Crippen LogP contribution >= 0.6 is 0 Å². The molecule has 0 aromatic heterocycles. The minimum Gasteiger partial charge on any atom is -0.313 e. The first-order valence-corrected chi connectivity index (χ1v) is 10.0. The van der Waals surface area contributed by atoms with Gasteiger partial charge in [0.15, 0.2) is 9.84 Å². The number of sulfone groups is 2. The summed E-state index contributed by atoms with van der Waals surface area (Å²) in [6.45, 7) is 6.36. The molecule has 1 N–H and O–H groups in total. The zero-order chi connectivity index (χ0) is 14.4. The molecule has 5 nitrogen and oxygen atoms in total. The molecule has 0 saturated heterocycles. The average molecular weight is 299 g/mol. The van der Waals surface area contributed by atoms with Gasteiger partial charge in [-0.15, -0.1) is 0 Å². The van der Waals surface area contributed by atoms with Gasteiger partial charge in [-0.3, -0.25) is 0 Å². The van der Waals surface area contributed by atoms with Gasteiger partial charge in [0, 0.05) is 12.3 Å². The molecule has 0 radical (unpaired) electrons. The Labute approximate surface area is 111 Å². The topological polar surface area (TPSA) is 80.3 Å². The van der Waals surface area contributed by atoms with E-state index in [1.807, 2.05) is 13.8 Å². The van der Waals surface area contributed by atoms with E-state index in [-0.39, 0.29) is 17.5 Å². The van der Waals surface area contributed by atoms with E-state index in [1.165, 1.54) is 0 Å². The van der Waals surface area contributed by atoms with Gasteiger partial charge in [0.2, 0.25) is 0 Å². The molecule has 0 rings (SSSR count). The van der Waals surface area contributed by atoms with Crippen LogP contribution in [0.1, 0.15) is 33.6 Å². The third-order valence-electron chi connectivity index (χ3n) is 2.97. The first-order chi connectivity index (χ1) is 8.14. The Bertz CT molecular complexity index is 428. The maximum absolute atomic E-state index is 12.0. The lowest BCUT2D eigenvalue weighted by Crippen LogP contribution is -2.43. The molecule has 0 aromatic rings. The monoisotopic (exact) mass is 299 g/mol. The van der Waals surface area contributed by atoms with E-state index in [9.17, 15) is 16.8 Å². The minimum atomic E-state index is -3.38. The van der Waals surface area contributed by atoms with Crippen molar-refractivity contribution in [3.05, 3.63) is 0 Å². The van der Waals surface area contributed by atoms with Gasteiger partial charge in [-0.1, -0.05) is 13.8 Å². The maximum atomic E-state index is 12.0. The van der Waals surface area contributed by atoms with E-state index in [4.69, 9.17) is 0 Å². The Balaban J connectivity index is 4.66. The highest BCUT2D eigenvalue weighted by atomic mass is 32.2. The molecule has 0 aliphatic heterocycles. The second kappa shape index (κ2) is 7.45. The van der Waals surface area contributed by atoms with Gasteiger partial charge in [0.1, 0.15) is 9.84 Å². The lowest BCUT2D eigenvalue weighted by Gasteiger charge is -2.23. The Morgan fingerprint density at radius 2 is 1.61 bits per heavy atom. The van der Waals surface area contributed by atoms with Gasteiger partial charge in [-0.2, -0.15) is 0 Å². The van der Waals surface area contributed by atoms with Crippen molar-refractivity contribution in [2.45, 2.75) is 44.9 Å². The number of nitrogens with one attached hydrogen (secondary N) is 1. The van der Waals surface area contributed by atoms with E-state index < -0.39 is 24.9 Å². The number of hydrogen-bond acceptors (Lipinski definition) is 5. The molecule has 110 valence electrons. The van der Waals surface area contributed by atoms with Gasteiger partial charge in [0.25, 0.3) is 0 Å². The summed E-state index contributed by atoms with van der Waals surface area (Å²) in [5.74, 6) is -0.596. The predicted molar refractivity (Wildman–Crippen MR) is 75.3 cm³/mol. The van der Waals surface area contributed by atoms with Crippen LogP contribution in [0.5, 0.6) is 0 Å². The number of rotatable bonds is 9.